The van der Waals surface area contributed by atoms with Crippen molar-refractivity contribution in [3.05, 3.63) is 47.3 Å². The van der Waals surface area contributed by atoms with Crippen molar-refractivity contribution in [2.45, 2.75) is 33.3 Å². The number of rotatable bonds is 3. The van der Waals surface area contributed by atoms with Crippen molar-refractivity contribution in [2.75, 3.05) is 0 Å². The maximum absolute atomic E-state index is 9.17. The highest BCUT2D eigenvalue weighted by Crippen LogP contribution is 2.20. The van der Waals surface area contributed by atoms with Gasteiger partial charge >= 0.3 is 0 Å². The van der Waals surface area contributed by atoms with Crippen molar-refractivity contribution >= 4 is 0 Å². The molecule has 0 atom stereocenters. The molecular weight excluding hydrogens is 212 g/mol. The predicted molar refractivity (Wildman–Crippen MR) is 68.3 cm³/mol. The van der Waals surface area contributed by atoms with Crippen LogP contribution < -0.4 is 0 Å². The Labute approximate surface area is 102 Å². The van der Waals surface area contributed by atoms with Crippen LogP contribution in [0.15, 0.2) is 30.3 Å². The number of aromatic nitrogens is 2. The zero-order valence-corrected chi connectivity index (χ0v) is 10.5. The maximum atomic E-state index is 9.17. The summed E-state index contributed by atoms with van der Waals surface area (Å²) in [5.74, 6) is 0.379. The normalized spacial score (nSPS) is 11.1. The van der Waals surface area contributed by atoms with Gasteiger partial charge in [-0.15, -0.1) is 0 Å². The Kier molecular flexibility index (Phi) is 3.29. The van der Waals surface area contributed by atoms with Gasteiger partial charge in [-0.05, 0) is 31.0 Å². The topological polar surface area (TPSA) is 38.0 Å². The molecule has 3 heteroatoms. The van der Waals surface area contributed by atoms with Gasteiger partial charge in [-0.1, -0.05) is 31.5 Å². The van der Waals surface area contributed by atoms with E-state index < -0.39 is 0 Å². The molecule has 1 aromatic carbocycles. The molecule has 2 aromatic rings. The van der Waals surface area contributed by atoms with Gasteiger partial charge < -0.3 is 5.11 Å². The summed E-state index contributed by atoms with van der Waals surface area (Å²) in [6.07, 6.45) is 0. The van der Waals surface area contributed by atoms with Gasteiger partial charge in [0.05, 0.1) is 18.0 Å². The standard InChI is InChI=1S/C14H18N2O/c1-10(2)14-8-12(9-17)15-16(14)13-6-4-11(3)5-7-13/h4-8,10,17H,9H2,1-3H3. The zero-order chi connectivity index (χ0) is 12.4. The van der Waals surface area contributed by atoms with Crippen LogP contribution in [0.25, 0.3) is 5.69 Å². The number of aliphatic hydroxyl groups excluding tert-OH is 1. The Bertz CT molecular complexity index is 497. The van der Waals surface area contributed by atoms with Crippen LogP contribution in [0.5, 0.6) is 0 Å². The SMILES string of the molecule is Cc1ccc(-n2nc(CO)cc2C(C)C)cc1. The van der Waals surface area contributed by atoms with Crippen LogP contribution in [0.1, 0.15) is 36.7 Å². The van der Waals surface area contributed by atoms with Crippen molar-refractivity contribution in [1.29, 1.82) is 0 Å². The number of nitrogens with zero attached hydrogens (tertiary/aromatic N) is 2. The number of benzene rings is 1. The lowest BCUT2D eigenvalue weighted by Crippen LogP contribution is -2.03. The lowest BCUT2D eigenvalue weighted by atomic mass is 10.1. The summed E-state index contributed by atoms with van der Waals surface area (Å²) in [6, 6.07) is 10.2. The third-order valence-corrected chi connectivity index (χ3v) is 2.82. The third kappa shape index (κ3) is 2.39. The number of hydrogen-bond acceptors (Lipinski definition) is 2. The van der Waals surface area contributed by atoms with E-state index in [-0.39, 0.29) is 6.61 Å². The molecule has 0 radical (unpaired) electrons. The zero-order valence-electron chi connectivity index (χ0n) is 10.5. The molecular formula is C14H18N2O. The molecule has 90 valence electrons. The average Bonchev–Trinajstić information content (AvgIpc) is 2.74. The van der Waals surface area contributed by atoms with E-state index in [9.17, 15) is 5.11 Å². The molecule has 1 heterocycles. The Balaban J connectivity index is 2.49. The largest absolute Gasteiger partial charge is 0.390 e. The van der Waals surface area contributed by atoms with Crippen LogP contribution in [-0.2, 0) is 6.61 Å². The van der Waals surface area contributed by atoms with E-state index in [2.05, 4.69) is 50.1 Å². The van der Waals surface area contributed by atoms with Crippen LogP contribution in [0, 0.1) is 6.92 Å². The summed E-state index contributed by atoms with van der Waals surface area (Å²) in [6.45, 7) is 6.31. The molecule has 0 saturated carbocycles. The number of hydrogen-bond donors (Lipinski definition) is 1. The van der Waals surface area contributed by atoms with E-state index in [0.29, 0.717) is 11.6 Å². The Morgan fingerprint density at radius 3 is 2.41 bits per heavy atom. The second-order valence-corrected chi connectivity index (χ2v) is 4.62. The highest BCUT2D eigenvalue weighted by molar-refractivity contribution is 5.36. The number of aliphatic hydroxyl groups is 1. The molecule has 0 spiro atoms. The molecule has 0 unspecified atom stereocenters. The van der Waals surface area contributed by atoms with E-state index in [1.165, 1.54) is 5.56 Å². The van der Waals surface area contributed by atoms with Gasteiger partial charge in [-0.25, -0.2) is 4.68 Å². The summed E-state index contributed by atoms with van der Waals surface area (Å²) in [5.41, 5.74) is 4.11. The quantitative estimate of drug-likeness (QED) is 0.880. The van der Waals surface area contributed by atoms with Crippen LogP contribution in [0.3, 0.4) is 0 Å². The Morgan fingerprint density at radius 1 is 1.24 bits per heavy atom. The summed E-state index contributed by atoms with van der Waals surface area (Å²) in [4.78, 5) is 0. The van der Waals surface area contributed by atoms with Crippen molar-refractivity contribution < 1.29 is 5.11 Å². The molecule has 0 bridgehead atoms. The highest BCUT2D eigenvalue weighted by Gasteiger charge is 2.11. The fourth-order valence-electron chi connectivity index (χ4n) is 1.83. The smallest absolute Gasteiger partial charge is 0.0886 e. The lowest BCUT2D eigenvalue weighted by Gasteiger charge is -2.10. The van der Waals surface area contributed by atoms with Gasteiger partial charge in [-0.3, -0.25) is 0 Å². The molecule has 0 aliphatic heterocycles. The average molecular weight is 230 g/mol. The van der Waals surface area contributed by atoms with Crippen LogP contribution in [-0.4, -0.2) is 14.9 Å². The summed E-state index contributed by atoms with van der Waals surface area (Å²) in [7, 11) is 0. The van der Waals surface area contributed by atoms with Gasteiger partial charge in [0.15, 0.2) is 0 Å². The van der Waals surface area contributed by atoms with Gasteiger partial charge in [0, 0.05) is 5.69 Å². The minimum Gasteiger partial charge on any atom is -0.390 e. The molecule has 3 nitrogen and oxygen atoms in total. The summed E-state index contributed by atoms with van der Waals surface area (Å²) >= 11 is 0. The molecule has 1 aromatic heterocycles. The molecule has 0 fully saturated rings. The summed E-state index contributed by atoms with van der Waals surface area (Å²) in [5, 5.41) is 13.6. The van der Waals surface area contributed by atoms with Gasteiger partial charge in [-0.2, -0.15) is 5.10 Å². The van der Waals surface area contributed by atoms with Crippen molar-refractivity contribution in [3.63, 3.8) is 0 Å². The van der Waals surface area contributed by atoms with E-state index >= 15 is 0 Å². The minimum absolute atomic E-state index is 0.0153. The van der Waals surface area contributed by atoms with Gasteiger partial charge in [0.1, 0.15) is 0 Å². The molecule has 0 amide bonds. The van der Waals surface area contributed by atoms with Crippen molar-refractivity contribution in [3.8, 4) is 5.69 Å². The van der Waals surface area contributed by atoms with Gasteiger partial charge in [0.25, 0.3) is 0 Å². The monoisotopic (exact) mass is 230 g/mol. The van der Waals surface area contributed by atoms with Crippen molar-refractivity contribution in [2.24, 2.45) is 0 Å². The molecule has 2 rings (SSSR count). The Morgan fingerprint density at radius 2 is 1.88 bits per heavy atom. The maximum Gasteiger partial charge on any atom is 0.0886 e. The Hall–Kier alpha value is -1.61. The first kappa shape index (κ1) is 11.9. The van der Waals surface area contributed by atoms with Crippen LogP contribution >= 0.6 is 0 Å². The van der Waals surface area contributed by atoms with E-state index in [0.717, 1.165) is 11.4 Å². The fraction of sp³-hybridized carbons (Fsp3) is 0.357. The van der Waals surface area contributed by atoms with Crippen molar-refractivity contribution in [1.82, 2.24) is 9.78 Å². The van der Waals surface area contributed by atoms with Crippen LogP contribution in [0.4, 0.5) is 0 Å². The molecule has 0 saturated heterocycles. The minimum atomic E-state index is -0.0153. The van der Waals surface area contributed by atoms with E-state index in [4.69, 9.17) is 0 Å². The fourth-order valence-corrected chi connectivity index (χ4v) is 1.83. The molecule has 17 heavy (non-hydrogen) atoms. The second-order valence-electron chi connectivity index (χ2n) is 4.62. The van der Waals surface area contributed by atoms with E-state index in [1.54, 1.807) is 0 Å². The predicted octanol–water partition coefficient (Wildman–Crippen LogP) is 2.80. The first-order valence-electron chi connectivity index (χ1n) is 5.88. The van der Waals surface area contributed by atoms with E-state index in [1.807, 2.05) is 10.7 Å². The first-order chi connectivity index (χ1) is 8.11. The summed E-state index contributed by atoms with van der Waals surface area (Å²) < 4.78 is 1.91. The first-order valence-corrected chi connectivity index (χ1v) is 5.88. The van der Waals surface area contributed by atoms with Crippen LogP contribution in [0.2, 0.25) is 0 Å². The second kappa shape index (κ2) is 4.72. The third-order valence-electron chi connectivity index (χ3n) is 2.82. The molecule has 0 aliphatic rings. The van der Waals surface area contributed by atoms with Gasteiger partial charge in [0.2, 0.25) is 0 Å². The highest BCUT2D eigenvalue weighted by atomic mass is 16.3. The number of aryl methyl sites for hydroxylation is 1. The lowest BCUT2D eigenvalue weighted by molar-refractivity contribution is 0.276. The molecule has 0 aliphatic carbocycles. The molecule has 1 N–H and O–H groups in total.